The van der Waals surface area contributed by atoms with Crippen LogP contribution in [-0.2, 0) is 17.8 Å². The van der Waals surface area contributed by atoms with Gasteiger partial charge < -0.3 is 10.6 Å². The van der Waals surface area contributed by atoms with Gasteiger partial charge in [-0.25, -0.2) is 4.98 Å². The molecule has 6 heteroatoms. The van der Waals surface area contributed by atoms with E-state index in [9.17, 15) is 4.79 Å². The van der Waals surface area contributed by atoms with Crippen LogP contribution in [0.1, 0.15) is 35.2 Å². The quantitative estimate of drug-likeness (QED) is 0.933. The Hall–Kier alpha value is -1.24. The molecule has 4 nitrogen and oxygen atoms in total. The summed E-state index contributed by atoms with van der Waals surface area (Å²) < 4.78 is 0. The number of hydrogen-bond donors (Lipinski definition) is 1. The maximum Gasteiger partial charge on any atom is 0.239 e. The van der Waals surface area contributed by atoms with Crippen LogP contribution in [0.25, 0.3) is 10.6 Å². The van der Waals surface area contributed by atoms with Gasteiger partial charge in [0, 0.05) is 23.3 Å². The maximum absolute atomic E-state index is 12.4. The lowest BCUT2D eigenvalue weighted by Gasteiger charge is -2.29. The Morgan fingerprint density at radius 1 is 1.55 bits per heavy atom. The molecular weight excluding hydrogens is 314 g/mol. The Morgan fingerprint density at radius 2 is 2.36 bits per heavy atom. The van der Waals surface area contributed by atoms with E-state index < -0.39 is 0 Å². The summed E-state index contributed by atoms with van der Waals surface area (Å²) in [7, 11) is 0. The van der Waals surface area contributed by atoms with Crippen molar-refractivity contribution >= 4 is 28.6 Å². The molecule has 0 saturated carbocycles. The summed E-state index contributed by atoms with van der Waals surface area (Å²) in [5.41, 5.74) is 8.30. The molecule has 1 aliphatic rings. The third-order valence-corrected chi connectivity index (χ3v) is 6.00. The second-order valence-electron chi connectivity index (χ2n) is 5.72. The van der Waals surface area contributed by atoms with Gasteiger partial charge in [0.05, 0.1) is 21.6 Å². The van der Waals surface area contributed by atoms with Gasteiger partial charge in [-0.05, 0) is 31.4 Å². The molecule has 1 amide bonds. The second-order valence-corrected chi connectivity index (χ2v) is 7.91. The highest BCUT2D eigenvalue weighted by atomic mass is 32.1. The van der Waals surface area contributed by atoms with Crippen molar-refractivity contribution in [1.29, 1.82) is 0 Å². The van der Waals surface area contributed by atoms with Crippen molar-refractivity contribution in [3.63, 3.8) is 0 Å². The summed E-state index contributed by atoms with van der Waals surface area (Å²) >= 11 is 3.48. The minimum absolute atomic E-state index is 0.0877. The molecule has 1 aliphatic heterocycles. The van der Waals surface area contributed by atoms with E-state index in [0.717, 1.165) is 36.5 Å². The molecule has 3 heterocycles. The molecule has 2 N–H and O–H groups in total. The van der Waals surface area contributed by atoms with E-state index in [1.165, 1.54) is 15.3 Å². The predicted molar refractivity (Wildman–Crippen MR) is 92.2 cm³/mol. The third kappa shape index (κ3) is 3.09. The summed E-state index contributed by atoms with van der Waals surface area (Å²) in [5, 5.41) is 3.19. The summed E-state index contributed by atoms with van der Waals surface area (Å²) in [6, 6.07) is 1.84. The summed E-state index contributed by atoms with van der Waals surface area (Å²) in [5.74, 6) is 0.0877. The molecule has 0 spiro atoms. The molecule has 0 aromatic carbocycles. The highest BCUT2D eigenvalue weighted by Gasteiger charge is 2.26. The van der Waals surface area contributed by atoms with E-state index in [4.69, 9.17) is 5.73 Å². The molecule has 2 aromatic rings. The Balaban J connectivity index is 1.76. The van der Waals surface area contributed by atoms with Crippen LogP contribution < -0.4 is 5.73 Å². The molecule has 0 aliphatic carbocycles. The lowest BCUT2D eigenvalue weighted by atomic mass is 10.1. The van der Waals surface area contributed by atoms with E-state index in [-0.39, 0.29) is 11.9 Å². The summed E-state index contributed by atoms with van der Waals surface area (Å²) in [4.78, 5) is 21.4. The number of carbonyl (C=O) groups excluding carboxylic acids is 1. The fraction of sp³-hybridized carbons (Fsp3) is 0.500. The monoisotopic (exact) mass is 335 g/mol. The van der Waals surface area contributed by atoms with Gasteiger partial charge >= 0.3 is 0 Å². The molecule has 3 rings (SSSR count). The lowest BCUT2D eigenvalue weighted by Crippen LogP contribution is -2.45. The predicted octanol–water partition coefficient (Wildman–Crippen LogP) is 3.19. The van der Waals surface area contributed by atoms with Crippen LogP contribution in [0.2, 0.25) is 0 Å². The van der Waals surface area contributed by atoms with Crippen molar-refractivity contribution < 1.29 is 4.79 Å². The van der Waals surface area contributed by atoms with E-state index >= 15 is 0 Å². The fourth-order valence-corrected chi connectivity index (χ4v) is 4.60. The van der Waals surface area contributed by atoms with Crippen molar-refractivity contribution in [3.05, 3.63) is 26.9 Å². The van der Waals surface area contributed by atoms with Crippen molar-refractivity contribution in [2.24, 2.45) is 5.73 Å². The number of nitrogens with zero attached hydrogens (tertiary/aromatic N) is 2. The standard InChI is InChI=1S/C16H21N3OS2/c1-3-4-12(17)16(20)19-6-5-14-11(8-19)7-15(22-14)13-9-21-10(2)18-13/h7,9,12H,3-6,8,17H2,1-2H3. The van der Waals surface area contributed by atoms with Gasteiger partial charge in [-0.3, -0.25) is 4.79 Å². The highest BCUT2D eigenvalue weighted by molar-refractivity contribution is 7.16. The molecule has 0 fully saturated rings. The van der Waals surface area contributed by atoms with Crippen molar-refractivity contribution in [3.8, 4) is 10.6 Å². The first-order valence-corrected chi connectivity index (χ1v) is 9.36. The number of fused-ring (bicyclic) bond motifs is 1. The van der Waals surface area contributed by atoms with Gasteiger partial charge in [0.15, 0.2) is 0 Å². The summed E-state index contributed by atoms with van der Waals surface area (Å²) in [6.45, 7) is 5.55. The van der Waals surface area contributed by atoms with Crippen molar-refractivity contribution in [2.75, 3.05) is 6.54 Å². The molecular formula is C16H21N3OS2. The first-order chi connectivity index (χ1) is 10.6. The Bertz CT molecular complexity index is 677. The van der Waals surface area contributed by atoms with Gasteiger partial charge in [-0.2, -0.15) is 0 Å². The number of amides is 1. The minimum atomic E-state index is -0.356. The fourth-order valence-electron chi connectivity index (χ4n) is 2.79. The van der Waals surface area contributed by atoms with E-state index in [1.807, 2.05) is 23.2 Å². The van der Waals surface area contributed by atoms with E-state index in [0.29, 0.717) is 6.54 Å². The molecule has 22 heavy (non-hydrogen) atoms. The first kappa shape index (κ1) is 15.6. The van der Waals surface area contributed by atoms with Gasteiger partial charge in [0.25, 0.3) is 0 Å². The third-order valence-electron chi connectivity index (χ3n) is 3.97. The Morgan fingerprint density at radius 3 is 3.05 bits per heavy atom. The molecule has 0 bridgehead atoms. The second kappa shape index (κ2) is 6.48. The van der Waals surface area contributed by atoms with Crippen LogP contribution in [-0.4, -0.2) is 28.4 Å². The maximum atomic E-state index is 12.4. The molecule has 1 atom stereocenters. The zero-order valence-electron chi connectivity index (χ0n) is 13.0. The van der Waals surface area contributed by atoms with Crippen LogP contribution >= 0.6 is 22.7 Å². The lowest BCUT2D eigenvalue weighted by molar-refractivity contribution is -0.133. The number of hydrogen-bond acceptors (Lipinski definition) is 5. The van der Waals surface area contributed by atoms with Crippen LogP contribution in [0.15, 0.2) is 11.4 Å². The molecule has 1 unspecified atom stereocenters. The number of aromatic nitrogens is 1. The number of thiophene rings is 1. The van der Waals surface area contributed by atoms with Gasteiger partial charge in [-0.1, -0.05) is 13.3 Å². The zero-order chi connectivity index (χ0) is 15.7. The van der Waals surface area contributed by atoms with Crippen molar-refractivity contribution in [2.45, 2.75) is 45.7 Å². The topological polar surface area (TPSA) is 59.2 Å². The van der Waals surface area contributed by atoms with Gasteiger partial charge in [-0.15, -0.1) is 22.7 Å². The number of aryl methyl sites for hydroxylation is 1. The average Bonchev–Trinajstić information content (AvgIpc) is 3.11. The van der Waals surface area contributed by atoms with Crippen LogP contribution in [0.3, 0.4) is 0 Å². The SMILES string of the molecule is CCCC(N)C(=O)N1CCc2sc(-c3csc(C)n3)cc2C1. The van der Waals surface area contributed by atoms with Crippen LogP contribution in [0.5, 0.6) is 0 Å². The highest BCUT2D eigenvalue weighted by Crippen LogP contribution is 2.35. The molecule has 118 valence electrons. The van der Waals surface area contributed by atoms with Crippen molar-refractivity contribution in [1.82, 2.24) is 9.88 Å². The number of nitrogens with two attached hydrogens (primary N) is 1. The van der Waals surface area contributed by atoms with Crippen LogP contribution in [0, 0.1) is 6.92 Å². The normalized spacial score (nSPS) is 15.7. The number of carbonyl (C=O) groups is 1. The van der Waals surface area contributed by atoms with Gasteiger partial charge in [0.1, 0.15) is 0 Å². The summed E-state index contributed by atoms with van der Waals surface area (Å²) in [6.07, 6.45) is 2.63. The Kier molecular flexibility index (Phi) is 4.61. The molecule has 2 aromatic heterocycles. The number of thiazole rings is 1. The number of rotatable bonds is 4. The Labute approximate surface area is 139 Å². The largest absolute Gasteiger partial charge is 0.337 e. The van der Waals surface area contributed by atoms with Crippen LogP contribution in [0.4, 0.5) is 0 Å². The van der Waals surface area contributed by atoms with E-state index in [2.05, 4.69) is 23.4 Å². The van der Waals surface area contributed by atoms with E-state index in [1.54, 1.807) is 11.3 Å². The zero-order valence-corrected chi connectivity index (χ0v) is 14.6. The minimum Gasteiger partial charge on any atom is -0.337 e. The van der Waals surface area contributed by atoms with Gasteiger partial charge in [0.2, 0.25) is 5.91 Å². The smallest absolute Gasteiger partial charge is 0.239 e. The first-order valence-electron chi connectivity index (χ1n) is 7.67. The molecule has 0 saturated heterocycles. The average molecular weight is 335 g/mol. The molecule has 0 radical (unpaired) electrons.